The molecule has 0 fully saturated rings. The van der Waals surface area contributed by atoms with Crippen LogP contribution in [0.5, 0.6) is 0 Å². The molecule has 0 unspecified atom stereocenters. The van der Waals surface area contributed by atoms with Gasteiger partial charge in [-0.25, -0.2) is 0 Å². The maximum atomic E-state index is 9.25. The second-order valence-corrected chi connectivity index (χ2v) is 4.40. The first-order chi connectivity index (χ1) is 8.79. The van der Waals surface area contributed by atoms with Gasteiger partial charge in [0, 0.05) is 16.5 Å². The lowest BCUT2D eigenvalue weighted by molar-refractivity contribution is 1.37. The van der Waals surface area contributed by atoms with E-state index in [2.05, 4.69) is 42.2 Å². The van der Waals surface area contributed by atoms with Crippen LogP contribution >= 0.6 is 0 Å². The minimum Gasteiger partial charge on any atom is -0.346 e. The highest BCUT2D eigenvalue weighted by molar-refractivity contribution is 5.98. The van der Waals surface area contributed by atoms with Crippen LogP contribution in [0.1, 0.15) is 11.3 Å². The lowest BCUT2D eigenvalue weighted by Crippen LogP contribution is -1.81. The van der Waals surface area contributed by atoms with E-state index in [-0.39, 0.29) is 0 Å². The maximum absolute atomic E-state index is 9.25. The molecule has 0 amide bonds. The van der Waals surface area contributed by atoms with Gasteiger partial charge in [0.15, 0.2) is 0 Å². The summed E-state index contributed by atoms with van der Waals surface area (Å²) in [5, 5.41) is 10.3. The third kappa shape index (κ3) is 1.57. The molecular formula is C16H12N2. The summed E-state index contributed by atoms with van der Waals surface area (Å²) in [7, 11) is 0. The number of para-hydroxylation sites is 1. The van der Waals surface area contributed by atoms with Crippen LogP contribution in [-0.2, 0) is 0 Å². The number of benzene rings is 2. The molecule has 2 aromatic carbocycles. The van der Waals surface area contributed by atoms with Gasteiger partial charge >= 0.3 is 0 Å². The number of H-pyrrole nitrogens is 1. The Kier molecular flexibility index (Phi) is 2.39. The molecule has 2 nitrogen and oxygen atoms in total. The Labute approximate surface area is 106 Å². The van der Waals surface area contributed by atoms with E-state index >= 15 is 0 Å². The van der Waals surface area contributed by atoms with Gasteiger partial charge in [-0.3, -0.25) is 0 Å². The van der Waals surface area contributed by atoms with Crippen LogP contribution < -0.4 is 0 Å². The third-order valence-electron chi connectivity index (χ3n) is 3.16. The third-order valence-corrected chi connectivity index (χ3v) is 3.16. The largest absolute Gasteiger partial charge is 0.346 e. The molecule has 0 saturated carbocycles. The van der Waals surface area contributed by atoms with Gasteiger partial charge < -0.3 is 4.98 Å². The molecule has 3 rings (SSSR count). The minimum atomic E-state index is 0.625. The predicted molar refractivity (Wildman–Crippen MR) is 73.2 cm³/mol. The number of nitrogens with one attached hydrogen (secondary N) is 1. The Bertz CT molecular complexity index is 743. The van der Waals surface area contributed by atoms with Crippen LogP contribution in [0.4, 0.5) is 0 Å². The van der Waals surface area contributed by atoms with Gasteiger partial charge in [-0.2, -0.15) is 5.26 Å². The Morgan fingerprint density at radius 3 is 2.44 bits per heavy atom. The van der Waals surface area contributed by atoms with Crippen LogP contribution in [-0.4, -0.2) is 4.98 Å². The van der Waals surface area contributed by atoms with Crippen LogP contribution in [0.2, 0.25) is 0 Å². The van der Waals surface area contributed by atoms with Crippen LogP contribution in [0.25, 0.3) is 22.0 Å². The quantitative estimate of drug-likeness (QED) is 0.676. The average molecular weight is 232 g/mol. The van der Waals surface area contributed by atoms with E-state index in [1.807, 2.05) is 24.3 Å². The van der Waals surface area contributed by atoms with E-state index < -0.39 is 0 Å². The van der Waals surface area contributed by atoms with Gasteiger partial charge in [0.25, 0.3) is 0 Å². The number of aryl methyl sites for hydroxylation is 1. The van der Waals surface area contributed by atoms with E-state index in [9.17, 15) is 5.26 Å². The highest BCUT2D eigenvalue weighted by atomic mass is 14.7. The van der Waals surface area contributed by atoms with Gasteiger partial charge in [-0.1, -0.05) is 48.0 Å². The minimum absolute atomic E-state index is 0.625. The zero-order valence-electron chi connectivity index (χ0n) is 10.1. The highest BCUT2D eigenvalue weighted by Crippen LogP contribution is 2.32. The van der Waals surface area contributed by atoms with Crippen LogP contribution in [0, 0.1) is 18.3 Å². The van der Waals surface area contributed by atoms with Crippen molar-refractivity contribution in [2.45, 2.75) is 6.92 Å². The fraction of sp³-hybridized carbons (Fsp3) is 0.0625. The van der Waals surface area contributed by atoms with Crippen molar-refractivity contribution in [1.82, 2.24) is 4.98 Å². The van der Waals surface area contributed by atoms with E-state index in [0.29, 0.717) is 5.69 Å². The van der Waals surface area contributed by atoms with Crippen molar-refractivity contribution in [3.05, 3.63) is 59.8 Å². The van der Waals surface area contributed by atoms with E-state index in [0.717, 1.165) is 22.0 Å². The second-order valence-electron chi connectivity index (χ2n) is 4.40. The van der Waals surface area contributed by atoms with Crippen molar-refractivity contribution in [2.24, 2.45) is 0 Å². The maximum Gasteiger partial charge on any atom is 0.126 e. The molecule has 1 heterocycles. The summed E-state index contributed by atoms with van der Waals surface area (Å²) in [6.45, 7) is 2.06. The zero-order valence-corrected chi connectivity index (χ0v) is 10.1. The molecule has 2 heteroatoms. The number of aromatic amines is 1. The molecule has 0 spiro atoms. The first kappa shape index (κ1) is 10.6. The Hall–Kier alpha value is -2.53. The lowest BCUT2D eigenvalue weighted by atomic mass is 10.0. The van der Waals surface area contributed by atoms with E-state index in [4.69, 9.17) is 0 Å². The summed E-state index contributed by atoms with van der Waals surface area (Å²) in [6, 6.07) is 18.5. The first-order valence-corrected chi connectivity index (χ1v) is 5.87. The molecule has 1 aromatic heterocycles. The summed E-state index contributed by atoms with van der Waals surface area (Å²) < 4.78 is 0. The number of nitriles is 1. The zero-order chi connectivity index (χ0) is 12.5. The highest BCUT2D eigenvalue weighted by Gasteiger charge is 2.12. The first-order valence-electron chi connectivity index (χ1n) is 5.87. The summed E-state index contributed by atoms with van der Waals surface area (Å²) in [4.78, 5) is 3.17. The van der Waals surface area contributed by atoms with E-state index in [1.54, 1.807) is 0 Å². The SMILES string of the molecule is Cc1ccc(-c2c(C#N)[nH]c3ccccc23)cc1. The van der Waals surface area contributed by atoms with Gasteiger partial charge in [0.05, 0.1) is 0 Å². The molecule has 0 saturated heterocycles. The molecule has 0 atom stereocenters. The molecule has 3 aromatic rings. The molecular weight excluding hydrogens is 220 g/mol. The normalized spacial score (nSPS) is 10.4. The lowest BCUT2D eigenvalue weighted by Gasteiger charge is -2.01. The standard InChI is InChI=1S/C16H12N2/c1-11-6-8-12(9-7-11)16-13-4-2-3-5-14(13)18-15(16)10-17/h2-9,18H,1H3. The Balaban J connectivity index is 2.33. The van der Waals surface area contributed by atoms with Crippen LogP contribution in [0.15, 0.2) is 48.5 Å². The van der Waals surface area contributed by atoms with E-state index in [1.165, 1.54) is 5.56 Å². The topological polar surface area (TPSA) is 39.6 Å². The van der Waals surface area contributed by atoms with Gasteiger partial charge in [-0.15, -0.1) is 0 Å². The molecule has 0 radical (unpaired) electrons. The molecule has 0 aliphatic rings. The van der Waals surface area contributed by atoms with Crippen molar-refractivity contribution in [3.63, 3.8) is 0 Å². The average Bonchev–Trinajstić information content (AvgIpc) is 2.78. The molecule has 86 valence electrons. The fourth-order valence-corrected chi connectivity index (χ4v) is 2.25. The Morgan fingerprint density at radius 2 is 1.72 bits per heavy atom. The molecule has 18 heavy (non-hydrogen) atoms. The summed E-state index contributed by atoms with van der Waals surface area (Å²) >= 11 is 0. The summed E-state index contributed by atoms with van der Waals surface area (Å²) in [6.07, 6.45) is 0. The van der Waals surface area contributed by atoms with Crippen molar-refractivity contribution < 1.29 is 0 Å². The monoisotopic (exact) mass is 232 g/mol. The van der Waals surface area contributed by atoms with Crippen molar-refractivity contribution in [3.8, 4) is 17.2 Å². The predicted octanol–water partition coefficient (Wildman–Crippen LogP) is 4.02. The Morgan fingerprint density at radius 1 is 1.00 bits per heavy atom. The molecule has 0 aliphatic heterocycles. The van der Waals surface area contributed by atoms with Crippen LogP contribution in [0.3, 0.4) is 0 Å². The summed E-state index contributed by atoms with van der Waals surface area (Å²) in [5.74, 6) is 0. The van der Waals surface area contributed by atoms with Gasteiger partial charge in [-0.05, 0) is 18.6 Å². The molecule has 0 aliphatic carbocycles. The van der Waals surface area contributed by atoms with Crippen molar-refractivity contribution in [2.75, 3.05) is 0 Å². The smallest absolute Gasteiger partial charge is 0.126 e. The molecule has 1 N–H and O–H groups in total. The van der Waals surface area contributed by atoms with Gasteiger partial charge in [0.2, 0.25) is 0 Å². The number of hydrogen-bond donors (Lipinski definition) is 1. The fourth-order valence-electron chi connectivity index (χ4n) is 2.25. The number of hydrogen-bond acceptors (Lipinski definition) is 1. The number of aromatic nitrogens is 1. The van der Waals surface area contributed by atoms with Gasteiger partial charge in [0.1, 0.15) is 11.8 Å². The number of fused-ring (bicyclic) bond motifs is 1. The second kappa shape index (κ2) is 4.05. The summed E-state index contributed by atoms with van der Waals surface area (Å²) in [5.41, 5.74) is 4.92. The van der Waals surface area contributed by atoms with Crippen molar-refractivity contribution in [1.29, 1.82) is 5.26 Å². The number of rotatable bonds is 1. The molecule has 0 bridgehead atoms. The van der Waals surface area contributed by atoms with Crippen molar-refractivity contribution >= 4 is 10.9 Å². The number of nitrogens with zero attached hydrogens (tertiary/aromatic N) is 1.